The van der Waals surface area contributed by atoms with Crippen LogP contribution in [0, 0.1) is 0 Å². The van der Waals surface area contributed by atoms with Crippen molar-refractivity contribution in [2.24, 2.45) is 5.73 Å². The highest BCUT2D eigenvalue weighted by Crippen LogP contribution is 2.27. The molecular formula is C15H20N4OS. The van der Waals surface area contributed by atoms with Gasteiger partial charge >= 0.3 is 0 Å². The van der Waals surface area contributed by atoms with Crippen molar-refractivity contribution >= 4 is 22.4 Å². The largest absolute Gasteiger partial charge is 0.366 e. The molecule has 112 valence electrons. The third-order valence-corrected chi connectivity index (χ3v) is 4.27. The maximum absolute atomic E-state index is 11.1. The molecule has 5 nitrogen and oxygen atoms in total. The molecule has 21 heavy (non-hydrogen) atoms. The molecule has 0 radical (unpaired) electrons. The number of carbonyl (C=O) groups is 1. The van der Waals surface area contributed by atoms with Gasteiger partial charge < -0.3 is 11.1 Å². The fourth-order valence-corrected chi connectivity index (χ4v) is 2.62. The third-order valence-electron chi connectivity index (χ3n) is 2.97. The lowest BCUT2D eigenvalue weighted by molar-refractivity contribution is 0.1000. The maximum Gasteiger partial charge on any atom is 0.248 e. The Morgan fingerprint density at radius 3 is 2.71 bits per heavy atom. The summed E-state index contributed by atoms with van der Waals surface area (Å²) in [5.74, 6) is -0.399. The van der Waals surface area contributed by atoms with Gasteiger partial charge in [0.05, 0.1) is 0 Å². The van der Waals surface area contributed by atoms with Crippen molar-refractivity contribution in [3.8, 4) is 0 Å². The molecule has 2 aromatic rings. The van der Waals surface area contributed by atoms with Crippen LogP contribution in [0.5, 0.6) is 0 Å². The Balaban J connectivity index is 1.91. The molecular weight excluding hydrogens is 284 g/mol. The van der Waals surface area contributed by atoms with E-state index in [9.17, 15) is 4.79 Å². The minimum absolute atomic E-state index is 0.0212. The van der Waals surface area contributed by atoms with Crippen LogP contribution in [0.25, 0.3) is 0 Å². The summed E-state index contributed by atoms with van der Waals surface area (Å²) >= 11 is 1.58. The number of nitrogens with zero attached hydrogens (tertiary/aromatic N) is 2. The van der Waals surface area contributed by atoms with E-state index in [1.54, 1.807) is 17.4 Å². The van der Waals surface area contributed by atoms with Gasteiger partial charge in [-0.25, -0.2) is 0 Å². The quantitative estimate of drug-likeness (QED) is 0.889. The summed E-state index contributed by atoms with van der Waals surface area (Å²) in [6, 6.07) is 7.37. The molecule has 0 saturated carbocycles. The van der Waals surface area contributed by atoms with Gasteiger partial charge in [-0.1, -0.05) is 44.2 Å². The molecule has 0 bridgehead atoms. The molecule has 2 rings (SSSR count). The monoisotopic (exact) mass is 304 g/mol. The molecule has 0 fully saturated rings. The molecule has 1 aromatic carbocycles. The smallest absolute Gasteiger partial charge is 0.248 e. The van der Waals surface area contributed by atoms with Gasteiger partial charge in [-0.15, -0.1) is 10.2 Å². The van der Waals surface area contributed by atoms with Gasteiger partial charge in [-0.2, -0.15) is 0 Å². The zero-order valence-electron chi connectivity index (χ0n) is 12.5. The highest BCUT2D eigenvalue weighted by Gasteiger charge is 2.19. The molecule has 0 unspecified atom stereocenters. The summed E-state index contributed by atoms with van der Waals surface area (Å²) in [6.07, 6.45) is 0.797. The minimum atomic E-state index is -0.399. The van der Waals surface area contributed by atoms with E-state index in [1.807, 2.05) is 18.2 Å². The molecule has 3 N–H and O–H groups in total. The van der Waals surface area contributed by atoms with Crippen LogP contribution in [0.2, 0.25) is 0 Å². The van der Waals surface area contributed by atoms with Crippen LogP contribution in [0.1, 0.15) is 41.7 Å². The Morgan fingerprint density at radius 1 is 1.33 bits per heavy atom. The lowest BCUT2D eigenvalue weighted by atomic mass is 9.98. The van der Waals surface area contributed by atoms with Gasteiger partial charge in [-0.3, -0.25) is 4.79 Å². The predicted octanol–water partition coefficient (Wildman–Crippen LogP) is 2.59. The summed E-state index contributed by atoms with van der Waals surface area (Å²) in [5, 5.41) is 13.4. The van der Waals surface area contributed by atoms with Crippen molar-refractivity contribution in [3.05, 3.63) is 40.4 Å². The molecule has 6 heteroatoms. The van der Waals surface area contributed by atoms with Crippen LogP contribution < -0.4 is 11.1 Å². The fraction of sp³-hybridized carbons (Fsp3) is 0.400. The van der Waals surface area contributed by atoms with Gasteiger partial charge in [0, 0.05) is 17.5 Å². The molecule has 1 heterocycles. The van der Waals surface area contributed by atoms with Crippen LogP contribution in [0.3, 0.4) is 0 Å². The molecule has 0 aliphatic heterocycles. The average Bonchev–Trinajstić information content (AvgIpc) is 2.88. The Kier molecular flexibility index (Phi) is 4.57. The first-order valence-electron chi connectivity index (χ1n) is 6.83. The summed E-state index contributed by atoms with van der Waals surface area (Å²) in [7, 11) is 0. The number of carbonyl (C=O) groups excluding carboxylic acids is 1. The van der Waals surface area contributed by atoms with E-state index in [0.717, 1.165) is 28.7 Å². The van der Waals surface area contributed by atoms with E-state index in [-0.39, 0.29) is 5.41 Å². The summed E-state index contributed by atoms with van der Waals surface area (Å²) in [4.78, 5) is 11.1. The van der Waals surface area contributed by atoms with Crippen molar-refractivity contribution in [3.63, 3.8) is 0 Å². The van der Waals surface area contributed by atoms with Crippen LogP contribution >= 0.6 is 11.3 Å². The highest BCUT2D eigenvalue weighted by molar-refractivity contribution is 7.15. The minimum Gasteiger partial charge on any atom is -0.366 e. The van der Waals surface area contributed by atoms with Gasteiger partial charge in [0.25, 0.3) is 0 Å². The SMILES string of the molecule is CC(C)(C)c1nnc(NCCc2cccc(C(N)=O)c2)s1. The summed E-state index contributed by atoms with van der Waals surface area (Å²) < 4.78 is 0. The molecule has 1 aromatic heterocycles. The zero-order chi connectivity index (χ0) is 15.5. The number of nitrogens with one attached hydrogen (secondary N) is 1. The van der Waals surface area contributed by atoms with E-state index in [0.29, 0.717) is 5.56 Å². The first kappa shape index (κ1) is 15.4. The van der Waals surface area contributed by atoms with E-state index >= 15 is 0 Å². The number of primary amides is 1. The third kappa shape index (κ3) is 4.26. The van der Waals surface area contributed by atoms with Gasteiger partial charge in [-0.05, 0) is 24.1 Å². The highest BCUT2D eigenvalue weighted by atomic mass is 32.1. The van der Waals surface area contributed by atoms with Gasteiger partial charge in [0.2, 0.25) is 11.0 Å². The Morgan fingerprint density at radius 2 is 2.10 bits per heavy atom. The standard InChI is InChI=1S/C15H20N4OS/c1-15(2,3)13-18-19-14(21-13)17-8-7-10-5-4-6-11(9-10)12(16)20/h4-6,9H,7-8H2,1-3H3,(H2,16,20)(H,17,19). The second kappa shape index (κ2) is 6.22. The van der Waals surface area contributed by atoms with Crippen molar-refractivity contribution in [2.45, 2.75) is 32.6 Å². The molecule has 0 atom stereocenters. The Hall–Kier alpha value is -1.95. The number of amides is 1. The number of hydrogen-bond donors (Lipinski definition) is 2. The summed E-state index contributed by atoms with van der Waals surface area (Å²) in [5.41, 5.74) is 6.90. The average molecular weight is 304 g/mol. The number of aromatic nitrogens is 2. The first-order valence-corrected chi connectivity index (χ1v) is 7.64. The van der Waals surface area contributed by atoms with Crippen molar-refractivity contribution < 1.29 is 4.79 Å². The maximum atomic E-state index is 11.1. The zero-order valence-corrected chi connectivity index (χ0v) is 13.3. The van der Waals surface area contributed by atoms with Crippen LogP contribution in [0.15, 0.2) is 24.3 Å². The number of nitrogens with two attached hydrogens (primary N) is 1. The van der Waals surface area contributed by atoms with E-state index < -0.39 is 5.91 Å². The van der Waals surface area contributed by atoms with Crippen molar-refractivity contribution in [1.29, 1.82) is 0 Å². The predicted molar refractivity (Wildman–Crippen MR) is 85.8 cm³/mol. The number of hydrogen-bond acceptors (Lipinski definition) is 5. The molecule has 1 amide bonds. The van der Waals surface area contributed by atoms with Crippen LogP contribution in [-0.4, -0.2) is 22.6 Å². The van der Waals surface area contributed by atoms with Crippen LogP contribution in [-0.2, 0) is 11.8 Å². The van der Waals surface area contributed by atoms with E-state index in [4.69, 9.17) is 5.73 Å². The molecule has 0 aliphatic carbocycles. The van der Waals surface area contributed by atoms with Gasteiger partial charge in [0.15, 0.2) is 0 Å². The van der Waals surface area contributed by atoms with Crippen molar-refractivity contribution in [1.82, 2.24) is 10.2 Å². The second-order valence-corrected chi connectivity index (χ2v) is 6.88. The lowest BCUT2D eigenvalue weighted by Gasteiger charge is -2.12. The number of benzene rings is 1. The lowest BCUT2D eigenvalue weighted by Crippen LogP contribution is -2.11. The molecule has 0 saturated heterocycles. The second-order valence-electron chi connectivity index (χ2n) is 5.90. The topological polar surface area (TPSA) is 80.9 Å². The van der Waals surface area contributed by atoms with Crippen LogP contribution in [0.4, 0.5) is 5.13 Å². The normalized spacial score (nSPS) is 11.4. The Labute approximate surface area is 128 Å². The molecule has 0 spiro atoms. The Bertz CT molecular complexity index is 631. The first-order chi connectivity index (χ1) is 9.86. The van der Waals surface area contributed by atoms with E-state index in [2.05, 4.69) is 36.3 Å². The number of rotatable bonds is 5. The number of anilines is 1. The van der Waals surface area contributed by atoms with E-state index in [1.165, 1.54) is 0 Å². The summed E-state index contributed by atoms with van der Waals surface area (Å²) in [6.45, 7) is 7.09. The van der Waals surface area contributed by atoms with Gasteiger partial charge in [0.1, 0.15) is 5.01 Å². The fourth-order valence-electron chi connectivity index (χ4n) is 1.79. The van der Waals surface area contributed by atoms with Crippen molar-refractivity contribution in [2.75, 3.05) is 11.9 Å². The molecule has 0 aliphatic rings.